The van der Waals surface area contributed by atoms with Crippen molar-refractivity contribution in [2.24, 2.45) is 0 Å². The van der Waals surface area contributed by atoms with Crippen LogP contribution in [0.2, 0.25) is 10.0 Å². The highest BCUT2D eigenvalue weighted by molar-refractivity contribution is 7.13. The number of aryl methyl sites for hydroxylation is 1. The third kappa shape index (κ3) is 2.29. The number of hydrogen-bond acceptors (Lipinski definition) is 2. The van der Waals surface area contributed by atoms with Gasteiger partial charge < -0.3 is 4.98 Å². The third-order valence-electron chi connectivity index (χ3n) is 2.85. The van der Waals surface area contributed by atoms with Gasteiger partial charge in [0.1, 0.15) is 5.82 Å². The first-order valence-electron chi connectivity index (χ1n) is 5.71. The van der Waals surface area contributed by atoms with Crippen LogP contribution in [0, 0.1) is 6.92 Å². The summed E-state index contributed by atoms with van der Waals surface area (Å²) in [5.41, 5.74) is 2.68. The van der Waals surface area contributed by atoms with Crippen LogP contribution >= 0.6 is 34.5 Å². The highest BCUT2D eigenvalue weighted by Crippen LogP contribution is 2.35. The quantitative estimate of drug-likeness (QED) is 0.672. The Bertz CT molecular complexity index is 717. The summed E-state index contributed by atoms with van der Waals surface area (Å²) in [6, 6.07) is 9.61. The molecule has 0 fully saturated rings. The summed E-state index contributed by atoms with van der Waals surface area (Å²) in [6.45, 7) is 1.98. The van der Waals surface area contributed by atoms with Crippen LogP contribution in [0.4, 0.5) is 0 Å². The third-order valence-corrected chi connectivity index (χ3v) is 4.54. The lowest BCUT2D eigenvalue weighted by Crippen LogP contribution is -1.83. The summed E-state index contributed by atoms with van der Waals surface area (Å²) >= 11 is 14.0. The Morgan fingerprint density at radius 1 is 1.16 bits per heavy atom. The molecule has 19 heavy (non-hydrogen) atoms. The zero-order valence-corrected chi connectivity index (χ0v) is 12.4. The molecule has 3 rings (SSSR count). The predicted molar refractivity (Wildman–Crippen MR) is 82.1 cm³/mol. The molecule has 0 spiro atoms. The number of thiophene rings is 1. The van der Waals surface area contributed by atoms with Crippen molar-refractivity contribution in [3.63, 3.8) is 0 Å². The van der Waals surface area contributed by atoms with Gasteiger partial charge in [-0.15, -0.1) is 11.3 Å². The Hall–Kier alpha value is -1.29. The Kier molecular flexibility index (Phi) is 3.35. The van der Waals surface area contributed by atoms with Crippen molar-refractivity contribution in [2.75, 3.05) is 0 Å². The van der Waals surface area contributed by atoms with Gasteiger partial charge in [-0.05, 0) is 24.4 Å². The van der Waals surface area contributed by atoms with Crippen molar-refractivity contribution in [3.8, 4) is 22.0 Å². The summed E-state index contributed by atoms with van der Waals surface area (Å²) in [5.74, 6) is 0.860. The zero-order chi connectivity index (χ0) is 13.4. The topological polar surface area (TPSA) is 28.7 Å². The molecule has 0 unspecified atom stereocenters. The van der Waals surface area contributed by atoms with Crippen LogP contribution < -0.4 is 0 Å². The summed E-state index contributed by atoms with van der Waals surface area (Å²) in [5, 5.41) is 3.11. The van der Waals surface area contributed by atoms with Gasteiger partial charge in [0.15, 0.2) is 0 Å². The van der Waals surface area contributed by atoms with E-state index in [4.69, 9.17) is 23.2 Å². The minimum absolute atomic E-state index is 0.538. The van der Waals surface area contributed by atoms with E-state index in [9.17, 15) is 0 Å². The SMILES string of the molecule is Cc1[nH]c(-c2cccs2)nc1-c1cccc(Cl)c1Cl. The van der Waals surface area contributed by atoms with Crippen LogP contribution in [0.3, 0.4) is 0 Å². The molecule has 0 saturated heterocycles. The van der Waals surface area contributed by atoms with E-state index in [0.717, 1.165) is 27.7 Å². The molecule has 0 bridgehead atoms. The van der Waals surface area contributed by atoms with Crippen molar-refractivity contribution >= 4 is 34.5 Å². The van der Waals surface area contributed by atoms with E-state index in [-0.39, 0.29) is 0 Å². The smallest absolute Gasteiger partial charge is 0.148 e. The molecule has 0 aliphatic carbocycles. The van der Waals surface area contributed by atoms with Crippen LogP contribution in [-0.4, -0.2) is 9.97 Å². The second-order valence-electron chi connectivity index (χ2n) is 4.14. The number of nitrogens with zero attached hydrogens (tertiary/aromatic N) is 1. The number of aromatic nitrogens is 2. The van der Waals surface area contributed by atoms with Gasteiger partial charge in [-0.25, -0.2) is 4.98 Å². The zero-order valence-electron chi connectivity index (χ0n) is 10.1. The fraction of sp³-hybridized carbons (Fsp3) is 0.0714. The van der Waals surface area contributed by atoms with Crippen LogP contribution in [-0.2, 0) is 0 Å². The van der Waals surface area contributed by atoms with E-state index in [0.29, 0.717) is 10.0 Å². The molecule has 0 saturated carbocycles. The highest BCUT2D eigenvalue weighted by Gasteiger charge is 2.14. The second-order valence-corrected chi connectivity index (χ2v) is 5.87. The van der Waals surface area contributed by atoms with E-state index in [1.807, 2.05) is 36.6 Å². The average molecular weight is 309 g/mol. The number of aromatic amines is 1. The van der Waals surface area contributed by atoms with Gasteiger partial charge in [-0.1, -0.05) is 41.4 Å². The van der Waals surface area contributed by atoms with Gasteiger partial charge in [0, 0.05) is 11.3 Å². The van der Waals surface area contributed by atoms with E-state index in [1.165, 1.54) is 0 Å². The summed E-state index contributed by atoms with van der Waals surface area (Å²) in [7, 11) is 0. The van der Waals surface area contributed by atoms with Crippen molar-refractivity contribution in [2.45, 2.75) is 6.92 Å². The first kappa shape index (κ1) is 12.7. The van der Waals surface area contributed by atoms with E-state index in [2.05, 4.69) is 9.97 Å². The molecule has 1 aromatic carbocycles. The van der Waals surface area contributed by atoms with Crippen molar-refractivity contribution < 1.29 is 0 Å². The molecule has 96 valence electrons. The molecule has 2 nitrogen and oxygen atoms in total. The second kappa shape index (κ2) is 5.00. The lowest BCUT2D eigenvalue weighted by Gasteiger charge is -2.03. The molecule has 2 aromatic heterocycles. The molecule has 5 heteroatoms. The van der Waals surface area contributed by atoms with Crippen molar-refractivity contribution in [3.05, 3.63) is 51.5 Å². The Labute approximate surface area is 125 Å². The number of hydrogen-bond donors (Lipinski definition) is 1. The summed E-state index contributed by atoms with van der Waals surface area (Å²) in [6.07, 6.45) is 0. The van der Waals surface area contributed by atoms with E-state index < -0.39 is 0 Å². The molecular weight excluding hydrogens is 299 g/mol. The minimum atomic E-state index is 0.538. The van der Waals surface area contributed by atoms with Crippen molar-refractivity contribution in [1.29, 1.82) is 0 Å². The molecule has 0 amide bonds. The molecule has 0 radical (unpaired) electrons. The molecule has 2 heterocycles. The van der Waals surface area contributed by atoms with Crippen LogP contribution in [0.1, 0.15) is 5.69 Å². The Balaban J connectivity index is 2.14. The first-order chi connectivity index (χ1) is 9.16. The maximum absolute atomic E-state index is 6.25. The number of halogens is 2. The largest absolute Gasteiger partial charge is 0.341 e. The van der Waals surface area contributed by atoms with Gasteiger partial charge in [-0.3, -0.25) is 0 Å². The van der Waals surface area contributed by atoms with Crippen LogP contribution in [0.25, 0.3) is 22.0 Å². The lowest BCUT2D eigenvalue weighted by atomic mass is 10.1. The van der Waals surface area contributed by atoms with Gasteiger partial charge in [0.05, 0.1) is 20.6 Å². The van der Waals surface area contributed by atoms with E-state index >= 15 is 0 Å². The molecule has 3 aromatic rings. The standard InChI is InChI=1S/C14H10Cl2N2S/c1-8-13(9-4-2-5-10(15)12(9)16)18-14(17-8)11-6-3-7-19-11/h2-7H,1H3,(H,17,18). The maximum atomic E-state index is 6.25. The average Bonchev–Trinajstić information content (AvgIpc) is 3.02. The molecular formula is C14H10Cl2N2S. The lowest BCUT2D eigenvalue weighted by molar-refractivity contribution is 1.26. The van der Waals surface area contributed by atoms with Crippen LogP contribution in [0.15, 0.2) is 35.7 Å². The minimum Gasteiger partial charge on any atom is -0.341 e. The van der Waals surface area contributed by atoms with Gasteiger partial charge in [-0.2, -0.15) is 0 Å². The summed E-state index contributed by atoms with van der Waals surface area (Å²) < 4.78 is 0. The highest BCUT2D eigenvalue weighted by atomic mass is 35.5. The van der Waals surface area contributed by atoms with Gasteiger partial charge in [0.25, 0.3) is 0 Å². The number of imidazole rings is 1. The Morgan fingerprint density at radius 3 is 2.74 bits per heavy atom. The predicted octanol–water partition coefficient (Wildman–Crippen LogP) is 5.42. The fourth-order valence-corrected chi connectivity index (χ4v) is 3.00. The number of nitrogens with one attached hydrogen (secondary N) is 1. The number of rotatable bonds is 2. The monoisotopic (exact) mass is 308 g/mol. The number of benzene rings is 1. The van der Waals surface area contributed by atoms with Gasteiger partial charge in [0.2, 0.25) is 0 Å². The summed E-state index contributed by atoms with van der Waals surface area (Å²) in [4.78, 5) is 9.03. The van der Waals surface area contributed by atoms with E-state index in [1.54, 1.807) is 17.4 Å². The van der Waals surface area contributed by atoms with Gasteiger partial charge >= 0.3 is 0 Å². The molecule has 0 aliphatic heterocycles. The maximum Gasteiger partial charge on any atom is 0.148 e. The van der Waals surface area contributed by atoms with Crippen LogP contribution in [0.5, 0.6) is 0 Å². The first-order valence-corrected chi connectivity index (χ1v) is 7.35. The molecule has 1 N–H and O–H groups in total. The van der Waals surface area contributed by atoms with Crippen molar-refractivity contribution in [1.82, 2.24) is 9.97 Å². The Morgan fingerprint density at radius 2 is 2.00 bits per heavy atom. The number of H-pyrrole nitrogens is 1. The fourth-order valence-electron chi connectivity index (χ4n) is 1.94. The molecule has 0 aliphatic rings. The molecule has 0 atom stereocenters. The normalized spacial score (nSPS) is 10.9.